The summed E-state index contributed by atoms with van der Waals surface area (Å²) >= 11 is 4.00. The van der Waals surface area contributed by atoms with Crippen LogP contribution in [0.15, 0.2) is 0 Å². The number of hydrogen-bond acceptors (Lipinski definition) is 1. The third-order valence-corrected chi connectivity index (χ3v) is 0.828. The van der Waals surface area contributed by atoms with Crippen molar-refractivity contribution in [2.24, 2.45) is 0 Å². The van der Waals surface area contributed by atoms with Crippen LogP contribution in [0.3, 0.4) is 0 Å². The van der Waals surface area contributed by atoms with Gasteiger partial charge in [0, 0.05) is 0 Å². The molecule has 0 atom stereocenters. The molecule has 0 aromatic carbocycles. The quantitative estimate of drug-likeness (QED) is 0.532. The molecule has 0 aliphatic carbocycles. The highest BCUT2D eigenvalue weighted by Gasteiger charge is 1.68. The van der Waals surface area contributed by atoms with E-state index in [9.17, 15) is 0 Å². The summed E-state index contributed by atoms with van der Waals surface area (Å²) in [4.78, 5) is 0. The number of thiol groups is 1. The molecular formula is C6H16S. The van der Waals surface area contributed by atoms with E-state index in [1.165, 1.54) is 12.8 Å². The molecule has 1 heteroatoms. The van der Waals surface area contributed by atoms with Gasteiger partial charge in [-0.3, -0.25) is 0 Å². The van der Waals surface area contributed by atoms with E-state index in [0.717, 1.165) is 5.75 Å². The van der Waals surface area contributed by atoms with E-state index in [2.05, 4.69) is 19.6 Å². The van der Waals surface area contributed by atoms with Crippen molar-refractivity contribution >= 4 is 12.6 Å². The van der Waals surface area contributed by atoms with Gasteiger partial charge in [0.1, 0.15) is 0 Å². The van der Waals surface area contributed by atoms with Gasteiger partial charge >= 0.3 is 0 Å². The Balaban J connectivity index is 0. The summed E-state index contributed by atoms with van der Waals surface area (Å²) in [5, 5.41) is 0. The molecule has 0 nitrogen and oxygen atoms in total. The summed E-state index contributed by atoms with van der Waals surface area (Å²) in [7, 11) is 0. The average molecular weight is 120 g/mol. The van der Waals surface area contributed by atoms with Gasteiger partial charge in [0.25, 0.3) is 0 Å². The van der Waals surface area contributed by atoms with Crippen molar-refractivity contribution in [1.29, 1.82) is 0 Å². The van der Waals surface area contributed by atoms with Crippen molar-refractivity contribution in [3.63, 3.8) is 0 Å². The fourth-order valence-electron chi connectivity index (χ4n) is 0.158. The molecule has 46 valence electrons. The largest absolute Gasteiger partial charge is 0.179 e. The highest BCUT2D eigenvalue weighted by Crippen LogP contribution is 1.85. The van der Waals surface area contributed by atoms with Crippen LogP contribution < -0.4 is 0 Å². The minimum absolute atomic E-state index is 1.04. The van der Waals surface area contributed by atoms with Crippen LogP contribution in [-0.4, -0.2) is 5.75 Å². The Labute approximate surface area is 52.7 Å². The summed E-state index contributed by atoms with van der Waals surface area (Å²) in [6, 6.07) is 0. The van der Waals surface area contributed by atoms with E-state index in [4.69, 9.17) is 0 Å². The predicted octanol–water partition coefficient (Wildman–Crippen LogP) is 2.74. The molecule has 0 saturated carbocycles. The maximum atomic E-state index is 4.00. The molecule has 0 aliphatic heterocycles. The zero-order valence-electron chi connectivity index (χ0n) is 5.57. The first-order valence-corrected chi connectivity index (χ1v) is 3.66. The molecule has 0 aliphatic rings. The second kappa shape index (κ2) is 16.2. The van der Waals surface area contributed by atoms with Crippen LogP contribution in [0.2, 0.25) is 0 Å². The third-order valence-electron chi connectivity index (χ3n) is 0.512. The van der Waals surface area contributed by atoms with Crippen LogP contribution in [-0.2, 0) is 0 Å². The number of unbranched alkanes of at least 4 members (excludes halogenated alkanes) is 1. The van der Waals surface area contributed by atoms with Gasteiger partial charge in [-0.25, -0.2) is 0 Å². The fraction of sp³-hybridized carbons (Fsp3) is 1.00. The van der Waals surface area contributed by atoms with Gasteiger partial charge in [0.2, 0.25) is 0 Å². The fourth-order valence-corrected chi connectivity index (χ4v) is 0.474. The van der Waals surface area contributed by atoms with Crippen LogP contribution in [0.5, 0.6) is 0 Å². The minimum Gasteiger partial charge on any atom is -0.179 e. The average Bonchev–Trinajstić information content (AvgIpc) is 1.75. The van der Waals surface area contributed by atoms with Gasteiger partial charge in [-0.2, -0.15) is 12.6 Å². The second-order valence-corrected chi connectivity index (χ2v) is 1.52. The maximum absolute atomic E-state index is 4.00. The summed E-state index contributed by atoms with van der Waals surface area (Å²) in [5.41, 5.74) is 0. The van der Waals surface area contributed by atoms with Crippen molar-refractivity contribution in [2.45, 2.75) is 33.6 Å². The number of rotatable bonds is 2. The van der Waals surface area contributed by atoms with Crippen molar-refractivity contribution in [1.82, 2.24) is 0 Å². The van der Waals surface area contributed by atoms with Crippen LogP contribution in [0, 0.1) is 0 Å². The topological polar surface area (TPSA) is 0 Å². The van der Waals surface area contributed by atoms with E-state index < -0.39 is 0 Å². The molecule has 0 fully saturated rings. The molecule has 0 bridgehead atoms. The normalized spacial score (nSPS) is 6.86. The molecule has 0 heterocycles. The Morgan fingerprint density at radius 2 is 1.71 bits per heavy atom. The summed E-state index contributed by atoms with van der Waals surface area (Å²) in [6.07, 6.45) is 2.52. The van der Waals surface area contributed by atoms with Crippen molar-refractivity contribution in [3.8, 4) is 0 Å². The maximum Gasteiger partial charge on any atom is -0.00980 e. The molecule has 0 aromatic rings. The summed E-state index contributed by atoms with van der Waals surface area (Å²) in [6.45, 7) is 6.16. The SMILES string of the molecule is CC.CCCCS. The molecule has 0 saturated heterocycles. The molecule has 7 heavy (non-hydrogen) atoms. The molecule has 0 aromatic heterocycles. The van der Waals surface area contributed by atoms with Crippen LogP contribution in [0.4, 0.5) is 0 Å². The van der Waals surface area contributed by atoms with E-state index in [-0.39, 0.29) is 0 Å². The van der Waals surface area contributed by atoms with E-state index >= 15 is 0 Å². The zero-order chi connectivity index (χ0) is 6.12. The molecule has 0 radical (unpaired) electrons. The lowest BCUT2D eigenvalue weighted by molar-refractivity contribution is 0.899. The predicted molar refractivity (Wildman–Crippen MR) is 40.1 cm³/mol. The van der Waals surface area contributed by atoms with E-state index in [0.29, 0.717) is 0 Å². The molecular weight excluding hydrogens is 104 g/mol. The zero-order valence-corrected chi connectivity index (χ0v) is 6.46. The molecule has 0 unspecified atom stereocenters. The molecule has 0 N–H and O–H groups in total. The second-order valence-electron chi connectivity index (χ2n) is 1.08. The summed E-state index contributed by atoms with van der Waals surface area (Å²) in [5.74, 6) is 1.04. The van der Waals surface area contributed by atoms with Gasteiger partial charge in [-0.15, -0.1) is 0 Å². The Hall–Kier alpha value is 0.350. The van der Waals surface area contributed by atoms with Gasteiger partial charge in [-0.1, -0.05) is 27.2 Å². The molecule has 0 spiro atoms. The minimum atomic E-state index is 1.04. The Bertz CT molecular complexity index is 11.7. The van der Waals surface area contributed by atoms with Crippen LogP contribution in [0.25, 0.3) is 0 Å². The van der Waals surface area contributed by atoms with Crippen molar-refractivity contribution in [2.75, 3.05) is 5.75 Å². The first-order chi connectivity index (χ1) is 3.41. The monoisotopic (exact) mass is 120 g/mol. The van der Waals surface area contributed by atoms with Gasteiger partial charge in [0.05, 0.1) is 0 Å². The lowest BCUT2D eigenvalue weighted by atomic mass is 10.4. The smallest absolute Gasteiger partial charge is 0.00980 e. The Kier molecular flexibility index (Phi) is 24.0. The van der Waals surface area contributed by atoms with Crippen molar-refractivity contribution < 1.29 is 0 Å². The van der Waals surface area contributed by atoms with Gasteiger partial charge in [-0.05, 0) is 12.2 Å². The Morgan fingerprint density at radius 1 is 1.29 bits per heavy atom. The van der Waals surface area contributed by atoms with E-state index in [1.807, 2.05) is 13.8 Å². The third kappa shape index (κ3) is 21.8. The van der Waals surface area contributed by atoms with Crippen LogP contribution in [0.1, 0.15) is 33.6 Å². The highest BCUT2D eigenvalue weighted by molar-refractivity contribution is 7.80. The Morgan fingerprint density at radius 3 is 1.71 bits per heavy atom. The first-order valence-electron chi connectivity index (χ1n) is 3.02. The van der Waals surface area contributed by atoms with E-state index in [1.54, 1.807) is 0 Å². The van der Waals surface area contributed by atoms with Crippen LogP contribution >= 0.6 is 12.6 Å². The highest BCUT2D eigenvalue weighted by atomic mass is 32.1. The standard InChI is InChI=1S/C4H10S.C2H6/c1-2-3-4-5;1-2/h5H,2-4H2,1H3;1-2H3. The molecule has 0 amide bonds. The van der Waals surface area contributed by atoms with Crippen molar-refractivity contribution in [3.05, 3.63) is 0 Å². The lowest BCUT2D eigenvalue weighted by Gasteiger charge is -1.78. The van der Waals surface area contributed by atoms with Gasteiger partial charge < -0.3 is 0 Å². The lowest BCUT2D eigenvalue weighted by Crippen LogP contribution is -1.65. The number of hydrogen-bond donors (Lipinski definition) is 1. The summed E-state index contributed by atoms with van der Waals surface area (Å²) < 4.78 is 0. The molecule has 0 rings (SSSR count). The first kappa shape index (κ1) is 10.4. The van der Waals surface area contributed by atoms with Gasteiger partial charge in [0.15, 0.2) is 0 Å².